The lowest BCUT2D eigenvalue weighted by atomic mass is 9.98. The molecule has 0 spiro atoms. The van der Waals surface area contributed by atoms with Crippen LogP contribution in [0.5, 0.6) is 0 Å². The van der Waals surface area contributed by atoms with Gasteiger partial charge in [-0.3, -0.25) is 0 Å². The molecule has 4 aromatic rings. The van der Waals surface area contributed by atoms with Crippen molar-refractivity contribution in [1.82, 2.24) is 20.2 Å². The fourth-order valence-corrected chi connectivity index (χ4v) is 2.87. The number of benzene rings is 3. The maximum absolute atomic E-state index is 8.98. The Morgan fingerprint density at radius 2 is 1.54 bits per heavy atom. The number of hydrogen-bond donors (Lipinski definition) is 0. The lowest BCUT2D eigenvalue weighted by Gasteiger charge is -2.10. The summed E-state index contributed by atoms with van der Waals surface area (Å²) in [6, 6.07) is 25.8. The summed E-state index contributed by atoms with van der Waals surface area (Å²) < 4.78 is 1.69. The third-order valence-corrected chi connectivity index (χ3v) is 4.24. The third-order valence-electron chi connectivity index (χ3n) is 4.24. The smallest absolute Gasteiger partial charge is 0.187 e. The van der Waals surface area contributed by atoms with Crippen molar-refractivity contribution in [2.24, 2.45) is 0 Å². The Kier molecular flexibility index (Phi) is 4.00. The minimum Gasteiger partial charge on any atom is -0.193 e. The van der Waals surface area contributed by atoms with Crippen LogP contribution in [-0.4, -0.2) is 20.2 Å². The first-order chi connectivity index (χ1) is 12.8. The van der Waals surface area contributed by atoms with Gasteiger partial charge in [-0.15, -0.1) is 5.10 Å². The van der Waals surface area contributed by atoms with E-state index < -0.39 is 0 Å². The molecule has 0 saturated carbocycles. The van der Waals surface area contributed by atoms with Gasteiger partial charge < -0.3 is 0 Å². The summed E-state index contributed by atoms with van der Waals surface area (Å²) in [5, 5.41) is 21.2. The minimum absolute atomic E-state index is 0.600. The second-order valence-electron chi connectivity index (χ2n) is 5.98. The maximum Gasteiger partial charge on any atom is 0.187 e. The van der Waals surface area contributed by atoms with E-state index in [1.807, 2.05) is 30.3 Å². The fourth-order valence-electron chi connectivity index (χ4n) is 2.87. The highest BCUT2D eigenvalue weighted by molar-refractivity contribution is 5.81. The Bertz CT molecular complexity index is 1090. The molecule has 0 aliphatic rings. The zero-order valence-corrected chi connectivity index (χ0v) is 14.2. The zero-order chi connectivity index (χ0) is 17.9. The monoisotopic (exact) mass is 337 g/mol. The summed E-state index contributed by atoms with van der Waals surface area (Å²) in [6.07, 6.45) is 0. The third kappa shape index (κ3) is 2.85. The van der Waals surface area contributed by atoms with Crippen LogP contribution in [0.15, 0.2) is 72.8 Å². The van der Waals surface area contributed by atoms with Gasteiger partial charge in [0.25, 0.3) is 0 Å². The molecule has 1 aromatic heterocycles. The summed E-state index contributed by atoms with van der Waals surface area (Å²) in [6.45, 7) is 2.07. The van der Waals surface area contributed by atoms with Crippen molar-refractivity contribution in [3.8, 4) is 34.3 Å². The van der Waals surface area contributed by atoms with Crippen LogP contribution >= 0.6 is 0 Å². The number of aromatic nitrogens is 4. The van der Waals surface area contributed by atoms with E-state index in [0.717, 1.165) is 22.4 Å². The van der Waals surface area contributed by atoms with E-state index in [9.17, 15) is 0 Å². The summed E-state index contributed by atoms with van der Waals surface area (Å²) in [5.74, 6) is 0.658. The molecule has 1 heterocycles. The molecule has 0 bridgehead atoms. The highest BCUT2D eigenvalue weighted by Gasteiger charge is 2.15. The number of aryl methyl sites for hydroxylation is 1. The average molecular weight is 337 g/mol. The maximum atomic E-state index is 8.98. The van der Waals surface area contributed by atoms with Crippen molar-refractivity contribution in [1.29, 1.82) is 5.26 Å². The number of nitrogens with zero attached hydrogens (tertiary/aromatic N) is 5. The normalized spacial score (nSPS) is 10.5. The van der Waals surface area contributed by atoms with E-state index in [1.165, 1.54) is 5.56 Å². The van der Waals surface area contributed by atoms with E-state index in [4.69, 9.17) is 5.26 Å². The van der Waals surface area contributed by atoms with Gasteiger partial charge >= 0.3 is 0 Å². The molecular weight excluding hydrogens is 322 g/mol. The van der Waals surface area contributed by atoms with Gasteiger partial charge in [-0.1, -0.05) is 54.1 Å². The summed E-state index contributed by atoms with van der Waals surface area (Å²) in [4.78, 5) is 0. The van der Waals surface area contributed by atoms with Crippen LogP contribution in [0, 0.1) is 18.3 Å². The Hall–Kier alpha value is -3.78. The number of nitriles is 1. The standard InChI is InChI=1S/C21H15N5/c1-15-6-10-17(11-7-15)19-4-2-3-5-20(19)21-23-24-25-26(21)18-12-8-16(14-22)9-13-18/h2-13H,1H3. The van der Waals surface area contributed by atoms with Crippen LogP contribution in [0.3, 0.4) is 0 Å². The van der Waals surface area contributed by atoms with E-state index in [0.29, 0.717) is 11.4 Å². The molecule has 0 saturated heterocycles. The molecule has 5 nitrogen and oxygen atoms in total. The average Bonchev–Trinajstić information content (AvgIpc) is 3.18. The Labute approximate surface area is 151 Å². The van der Waals surface area contributed by atoms with E-state index in [2.05, 4.69) is 58.9 Å². The van der Waals surface area contributed by atoms with Crippen LogP contribution < -0.4 is 0 Å². The first-order valence-corrected chi connectivity index (χ1v) is 8.21. The van der Waals surface area contributed by atoms with Gasteiger partial charge in [0.15, 0.2) is 5.82 Å². The van der Waals surface area contributed by atoms with E-state index in [-0.39, 0.29) is 0 Å². The summed E-state index contributed by atoms with van der Waals surface area (Å²) in [7, 11) is 0. The molecule has 0 atom stereocenters. The van der Waals surface area contributed by atoms with Gasteiger partial charge in [0.2, 0.25) is 0 Å². The second-order valence-corrected chi connectivity index (χ2v) is 5.98. The molecule has 3 aromatic carbocycles. The topological polar surface area (TPSA) is 67.4 Å². The van der Waals surface area contributed by atoms with E-state index in [1.54, 1.807) is 16.8 Å². The lowest BCUT2D eigenvalue weighted by Crippen LogP contribution is -2.00. The molecular formula is C21H15N5. The van der Waals surface area contributed by atoms with Gasteiger partial charge in [0.1, 0.15) is 0 Å². The van der Waals surface area contributed by atoms with Crippen molar-refractivity contribution < 1.29 is 0 Å². The number of rotatable bonds is 3. The Morgan fingerprint density at radius 3 is 2.23 bits per heavy atom. The Morgan fingerprint density at radius 1 is 0.846 bits per heavy atom. The van der Waals surface area contributed by atoms with Crippen LogP contribution in [0.2, 0.25) is 0 Å². The first kappa shape index (κ1) is 15.7. The quantitative estimate of drug-likeness (QED) is 0.562. The number of tetrazole rings is 1. The molecule has 0 aliphatic carbocycles. The van der Waals surface area contributed by atoms with Crippen molar-refractivity contribution in [3.05, 3.63) is 83.9 Å². The van der Waals surface area contributed by atoms with Gasteiger partial charge in [-0.2, -0.15) is 9.94 Å². The molecule has 4 rings (SSSR count). The van der Waals surface area contributed by atoms with Crippen LogP contribution in [0.4, 0.5) is 0 Å². The van der Waals surface area contributed by atoms with Crippen molar-refractivity contribution in [2.75, 3.05) is 0 Å². The largest absolute Gasteiger partial charge is 0.193 e. The van der Waals surface area contributed by atoms with Crippen LogP contribution in [0.1, 0.15) is 11.1 Å². The molecule has 0 amide bonds. The molecule has 5 heteroatoms. The molecule has 124 valence electrons. The summed E-state index contributed by atoms with van der Waals surface area (Å²) >= 11 is 0. The van der Waals surface area contributed by atoms with Crippen molar-refractivity contribution >= 4 is 0 Å². The molecule has 0 aliphatic heterocycles. The summed E-state index contributed by atoms with van der Waals surface area (Å²) in [5.41, 5.74) is 5.75. The Balaban J connectivity index is 1.84. The SMILES string of the molecule is Cc1ccc(-c2ccccc2-c2nnnn2-c2ccc(C#N)cc2)cc1. The predicted molar refractivity (Wildman–Crippen MR) is 99.5 cm³/mol. The van der Waals surface area contributed by atoms with Gasteiger partial charge in [0, 0.05) is 5.56 Å². The minimum atomic E-state index is 0.600. The second kappa shape index (κ2) is 6.61. The number of hydrogen-bond acceptors (Lipinski definition) is 4. The molecule has 0 unspecified atom stereocenters. The molecule has 0 radical (unpaired) electrons. The predicted octanol–water partition coefficient (Wildman–Crippen LogP) is 4.18. The van der Waals surface area contributed by atoms with Crippen molar-refractivity contribution in [3.63, 3.8) is 0 Å². The van der Waals surface area contributed by atoms with Gasteiger partial charge in [-0.05, 0) is 52.7 Å². The van der Waals surface area contributed by atoms with Gasteiger partial charge in [0.05, 0.1) is 17.3 Å². The molecule has 26 heavy (non-hydrogen) atoms. The van der Waals surface area contributed by atoms with Crippen LogP contribution in [0.25, 0.3) is 28.2 Å². The van der Waals surface area contributed by atoms with E-state index >= 15 is 0 Å². The molecule has 0 N–H and O–H groups in total. The highest BCUT2D eigenvalue weighted by atomic mass is 15.5. The van der Waals surface area contributed by atoms with Crippen molar-refractivity contribution in [2.45, 2.75) is 6.92 Å². The van der Waals surface area contributed by atoms with Gasteiger partial charge in [-0.25, -0.2) is 0 Å². The van der Waals surface area contributed by atoms with Crippen LogP contribution in [-0.2, 0) is 0 Å². The molecule has 0 fully saturated rings. The zero-order valence-electron chi connectivity index (χ0n) is 14.2. The fraction of sp³-hybridized carbons (Fsp3) is 0.0476. The lowest BCUT2D eigenvalue weighted by molar-refractivity contribution is 0.791. The highest BCUT2D eigenvalue weighted by Crippen LogP contribution is 2.31. The first-order valence-electron chi connectivity index (χ1n) is 8.21.